The third-order valence-corrected chi connectivity index (χ3v) is 17.2. The summed E-state index contributed by atoms with van der Waals surface area (Å²) in [6.45, 7) is 7.77. The zero-order chi connectivity index (χ0) is 35.0. The van der Waals surface area contributed by atoms with Gasteiger partial charge in [0.1, 0.15) is 0 Å². The molecule has 0 spiro atoms. The van der Waals surface area contributed by atoms with Crippen molar-refractivity contribution in [1.29, 1.82) is 0 Å². The Morgan fingerprint density at radius 1 is 0.596 bits per heavy atom. The van der Waals surface area contributed by atoms with Crippen LogP contribution in [0.2, 0.25) is 20.0 Å². The molecule has 0 saturated carbocycles. The quantitative estimate of drug-likeness (QED) is 0.157. The van der Waals surface area contributed by atoms with Crippen molar-refractivity contribution in [2.24, 2.45) is 11.8 Å². The topological polar surface area (TPSA) is 46.9 Å². The van der Waals surface area contributed by atoms with E-state index in [0.717, 1.165) is 38.3 Å². The lowest BCUT2D eigenvalue weighted by atomic mass is 9.84. The third kappa shape index (κ3) is 11.0. The van der Waals surface area contributed by atoms with Crippen LogP contribution in [0.25, 0.3) is 0 Å². The van der Waals surface area contributed by atoms with Crippen molar-refractivity contribution in [2.75, 3.05) is 25.4 Å². The fraction of sp³-hybridized carbons (Fsp3) is 0.400. The summed E-state index contributed by atoms with van der Waals surface area (Å²) in [5.41, 5.74) is 0. The van der Waals surface area contributed by atoms with E-state index < -0.39 is 28.4 Å². The number of hydrogen-bond donors (Lipinski definition) is 2. The molecule has 0 bridgehead atoms. The zero-order valence-electron chi connectivity index (χ0n) is 30.0. The Kier molecular flexibility index (Phi) is 18.8. The Hall–Kier alpha value is -2.03. The molecule has 6 rings (SSSR count). The summed E-state index contributed by atoms with van der Waals surface area (Å²) in [5, 5.41) is 25.3. The summed E-state index contributed by atoms with van der Waals surface area (Å²) in [4.78, 5) is 4.39. The first kappa shape index (κ1) is 46.1. The van der Waals surface area contributed by atoms with E-state index in [-0.39, 0.29) is 29.3 Å². The molecule has 9 radical (unpaired) electrons. The number of nitrogens with zero attached hydrogens (tertiary/aromatic N) is 2. The highest BCUT2D eigenvalue weighted by Crippen LogP contribution is 2.55. The first-order chi connectivity index (χ1) is 23.5. The maximum Gasteiger partial charge on any atom is 0.377 e. The van der Waals surface area contributed by atoms with Gasteiger partial charge in [0.05, 0.1) is 41.4 Å². The fourth-order valence-electron chi connectivity index (χ4n) is 7.83. The maximum absolute atomic E-state index is 10.2. The molecule has 2 heterocycles. The fourth-order valence-corrected chi connectivity index (χ4v) is 14.1. The Labute approximate surface area is 324 Å². The van der Waals surface area contributed by atoms with Gasteiger partial charge in [-0.25, -0.2) is 0 Å². The molecule has 4 atom stereocenters. The average Bonchev–Trinajstić information content (AvgIpc) is 3.72. The van der Waals surface area contributed by atoms with E-state index in [1.54, 1.807) is 0 Å². The molecule has 4 nitrogen and oxygen atoms in total. The molecule has 0 aliphatic carbocycles. The summed E-state index contributed by atoms with van der Waals surface area (Å²) in [7, 11) is 15.3. The molecule has 0 unspecified atom stereocenters. The molecule has 4 aromatic rings. The van der Waals surface area contributed by atoms with Crippen molar-refractivity contribution in [1.82, 2.24) is 9.62 Å². The molecular weight excluding hydrogens is 667 g/mol. The highest BCUT2D eigenvalue weighted by atomic mass is 31.2. The Bertz CT molecular complexity index is 1480. The molecule has 52 heavy (non-hydrogen) atoms. The Morgan fingerprint density at radius 2 is 0.904 bits per heavy atom. The van der Waals surface area contributed by atoms with Gasteiger partial charge in [-0.15, -0.1) is 0 Å². The van der Waals surface area contributed by atoms with Gasteiger partial charge < -0.3 is 19.7 Å². The summed E-state index contributed by atoms with van der Waals surface area (Å²) < 4.78 is 0. The lowest BCUT2D eigenvalue weighted by Crippen LogP contribution is -2.44. The number of benzene rings is 4. The molecule has 2 N–H and O–H groups in total. The predicted molar refractivity (Wildman–Crippen MR) is 240 cm³/mol. The zero-order valence-corrected chi connectivity index (χ0v) is 31.7. The maximum atomic E-state index is 10.2. The lowest BCUT2D eigenvalue weighted by molar-refractivity contribution is 0.361. The molecule has 2 aliphatic rings. The Balaban J connectivity index is 0.000000341. The summed E-state index contributed by atoms with van der Waals surface area (Å²) in [5.74, 6) is 1.03. The summed E-state index contributed by atoms with van der Waals surface area (Å²) in [6.07, 6.45) is 4.54. The molecule has 12 heteroatoms. The van der Waals surface area contributed by atoms with Gasteiger partial charge in [-0.3, -0.25) is 0 Å². The minimum Gasteiger partial charge on any atom is -0.437 e. The van der Waals surface area contributed by atoms with Gasteiger partial charge in [-0.1, -0.05) is 101 Å². The van der Waals surface area contributed by atoms with Gasteiger partial charge in [0, 0.05) is 34.8 Å². The van der Waals surface area contributed by atoms with E-state index in [2.05, 4.69) is 114 Å². The normalized spacial score (nSPS) is 20.3. The third-order valence-electron chi connectivity index (χ3n) is 10.4. The van der Waals surface area contributed by atoms with Gasteiger partial charge in [-0.05, 0) is 99.9 Å². The van der Waals surface area contributed by atoms with Gasteiger partial charge in [0.15, 0.2) is 0 Å². The van der Waals surface area contributed by atoms with Gasteiger partial charge >= 0.3 is 29.2 Å². The largest absolute Gasteiger partial charge is 0.437 e. The molecule has 2 fully saturated rings. The highest BCUT2D eigenvalue weighted by Gasteiger charge is 2.46. The van der Waals surface area contributed by atoms with Crippen LogP contribution in [0.15, 0.2) is 121 Å². The van der Waals surface area contributed by atoms with Crippen molar-refractivity contribution in [3.8, 4) is 0 Å². The van der Waals surface area contributed by atoms with E-state index in [1.807, 2.05) is 37.9 Å². The lowest BCUT2D eigenvalue weighted by Gasteiger charge is -2.31. The second kappa shape index (κ2) is 21.2. The van der Waals surface area contributed by atoms with Crippen molar-refractivity contribution < 1.29 is 10.0 Å². The molecule has 2 saturated heterocycles. The minimum absolute atomic E-state index is 0. The summed E-state index contributed by atoms with van der Waals surface area (Å²) >= 11 is 0. The molecule has 2 aliphatic heterocycles. The second-order valence-corrected chi connectivity index (χ2v) is 20.4. The van der Waals surface area contributed by atoms with Gasteiger partial charge in [-0.2, -0.15) is 0 Å². The average molecular weight is 725 g/mol. The van der Waals surface area contributed by atoms with E-state index in [0.29, 0.717) is 24.2 Å². The standard InChI is InChI=1S/C19H24B3NOP.C19H25B2NOP.2CH4.B/c1-22(24)23-14-16(13-20)12-17(23)15-25(21,18-8-4-2-5-9-18)19-10-6-3-7-11-19;1-16-13-17(22(14-16)21(2)23)15-24(20,18-9-5-3-6-10-18)19-11-7-4-8-12-19;;;/h2-11,16-17,24H,12-15H2,1H3;3-12,16-17,23H,13-15H2,1-2H3;2*1H4;/q2*+1;;;/t2*16-,17+;;;/m11.../s1. The SMILES string of the molecule is C.C.[B].[B]C[C@H]1C[C@@H](C[P+]([B])(c2ccccc2)c2ccccc2)N(B(C)O)C1.[B][P+](C[C@@H]1C[C@@H](C)CN1B(C)O)(c1ccccc1)c1ccccc1. The smallest absolute Gasteiger partial charge is 0.377 e. The Morgan fingerprint density at radius 3 is 1.21 bits per heavy atom. The molecule has 4 aromatic carbocycles. The van der Waals surface area contributed by atoms with Crippen LogP contribution in [0.4, 0.5) is 0 Å². The van der Waals surface area contributed by atoms with Crippen LogP contribution in [0.1, 0.15) is 34.6 Å². The highest BCUT2D eigenvalue weighted by molar-refractivity contribution is 8.09. The second-order valence-electron chi connectivity index (χ2n) is 14.1. The van der Waals surface area contributed by atoms with Crippen molar-refractivity contribution >= 4 is 81.0 Å². The van der Waals surface area contributed by atoms with Crippen molar-refractivity contribution in [2.45, 2.75) is 66.7 Å². The van der Waals surface area contributed by atoms with Crippen LogP contribution in [0, 0.1) is 11.8 Å². The van der Waals surface area contributed by atoms with E-state index >= 15 is 0 Å². The van der Waals surface area contributed by atoms with Crippen molar-refractivity contribution in [3.63, 3.8) is 0 Å². The van der Waals surface area contributed by atoms with E-state index in [9.17, 15) is 10.0 Å². The molecular formula is C40H57B6N2O2P2+2. The monoisotopic (exact) mass is 725 g/mol. The van der Waals surface area contributed by atoms with Crippen molar-refractivity contribution in [3.05, 3.63) is 121 Å². The summed E-state index contributed by atoms with van der Waals surface area (Å²) in [6, 6.07) is 42.5. The first-order valence-electron chi connectivity index (χ1n) is 17.7. The molecule has 0 amide bonds. The van der Waals surface area contributed by atoms with Crippen LogP contribution in [0.3, 0.4) is 0 Å². The van der Waals surface area contributed by atoms with Crippen LogP contribution in [-0.4, -0.2) is 103 Å². The van der Waals surface area contributed by atoms with Crippen LogP contribution in [0.5, 0.6) is 0 Å². The number of rotatable bonds is 11. The molecule has 0 aromatic heterocycles. The number of hydrogen-bond acceptors (Lipinski definition) is 4. The van der Waals surface area contributed by atoms with E-state index in [1.165, 1.54) is 21.2 Å². The van der Waals surface area contributed by atoms with Crippen LogP contribution in [-0.2, 0) is 0 Å². The van der Waals surface area contributed by atoms with Crippen LogP contribution >= 0.6 is 14.3 Å². The predicted octanol–water partition coefficient (Wildman–Crippen LogP) is 5.58. The van der Waals surface area contributed by atoms with Gasteiger partial charge in [0.2, 0.25) is 0 Å². The first-order valence-corrected chi connectivity index (χ1v) is 21.8. The van der Waals surface area contributed by atoms with E-state index in [4.69, 9.17) is 23.0 Å². The minimum atomic E-state index is -2.03. The molecule has 265 valence electrons. The van der Waals surface area contributed by atoms with Crippen LogP contribution < -0.4 is 21.2 Å². The van der Waals surface area contributed by atoms with Gasteiger partial charge in [0.25, 0.3) is 0 Å².